The molecule has 0 saturated carbocycles. The quantitative estimate of drug-likeness (QED) is 0.316. The molecule has 37 heavy (non-hydrogen) atoms. The van der Waals surface area contributed by atoms with Crippen molar-refractivity contribution in [3.63, 3.8) is 0 Å². The standard InChI is InChI=1S/C25H24ClN5O6/c26-19-3-1-18(2-4-19)16-28-11-13-29(14-12-28)25(32)17-37-22-8-5-20(6-9-22)27-23-10-7-21(30(33)34)15-24(23)31(35)36/h1-10,15,27H,11-14,16-17H2. The zero-order valence-corrected chi connectivity index (χ0v) is 20.5. The van der Waals surface area contributed by atoms with Crippen molar-refractivity contribution < 1.29 is 19.4 Å². The van der Waals surface area contributed by atoms with Crippen LogP contribution in [0.2, 0.25) is 5.02 Å². The van der Waals surface area contributed by atoms with Crippen LogP contribution in [0.25, 0.3) is 0 Å². The molecule has 3 aromatic carbocycles. The van der Waals surface area contributed by atoms with Crippen molar-refractivity contribution in [1.82, 2.24) is 9.80 Å². The van der Waals surface area contributed by atoms with Gasteiger partial charge in [0.25, 0.3) is 17.3 Å². The molecule has 1 aliphatic heterocycles. The summed E-state index contributed by atoms with van der Waals surface area (Å²) in [5.74, 6) is 0.369. The van der Waals surface area contributed by atoms with Crippen molar-refractivity contribution in [3.8, 4) is 5.75 Å². The van der Waals surface area contributed by atoms with Gasteiger partial charge in [-0.2, -0.15) is 0 Å². The first kappa shape index (κ1) is 25.9. The van der Waals surface area contributed by atoms with Gasteiger partial charge in [-0.05, 0) is 48.0 Å². The van der Waals surface area contributed by atoms with E-state index in [-0.39, 0.29) is 23.9 Å². The van der Waals surface area contributed by atoms with Gasteiger partial charge in [-0.3, -0.25) is 29.9 Å². The van der Waals surface area contributed by atoms with Gasteiger partial charge in [-0.1, -0.05) is 23.7 Å². The first-order valence-corrected chi connectivity index (χ1v) is 11.8. The maximum absolute atomic E-state index is 12.6. The average molecular weight is 526 g/mol. The molecule has 0 bridgehead atoms. The van der Waals surface area contributed by atoms with Crippen LogP contribution in [0.4, 0.5) is 22.7 Å². The van der Waals surface area contributed by atoms with Crippen LogP contribution in [0, 0.1) is 20.2 Å². The van der Waals surface area contributed by atoms with Crippen LogP contribution >= 0.6 is 11.6 Å². The summed E-state index contributed by atoms with van der Waals surface area (Å²) < 4.78 is 5.64. The number of hydrogen-bond donors (Lipinski definition) is 1. The van der Waals surface area contributed by atoms with Gasteiger partial charge in [0.1, 0.15) is 11.4 Å². The fourth-order valence-corrected chi connectivity index (χ4v) is 4.05. The Bertz CT molecular complexity index is 1280. The van der Waals surface area contributed by atoms with Crippen LogP contribution < -0.4 is 10.1 Å². The highest BCUT2D eigenvalue weighted by atomic mass is 35.5. The smallest absolute Gasteiger partial charge is 0.299 e. The van der Waals surface area contributed by atoms with E-state index in [9.17, 15) is 25.0 Å². The Balaban J connectivity index is 1.26. The lowest BCUT2D eigenvalue weighted by Gasteiger charge is -2.34. The fraction of sp³-hybridized carbons (Fsp3) is 0.240. The molecule has 1 saturated heterocycles. The number of carbonyl (C=O) groups excluding carboxylic acids is 1. The summed E-state index contributed by atoms with van der Waals surface area (Å²) in [6, 6.07) is 17.7. The SMILES string of the molecule is O=C(COc1ccc(Nc2ccc([N+](=O)[O-])cc2[N+](=O)[O-])cc1)N1CCN(Cc2ccc(Cl)cc2)CC1. The Morgan fingerprint density at radius 2 is 1.59 bits per heavy atom. The summed E-state index contributed by atoms with van der Waals surface area (Å²) >= 11 is 5.94. The zero-order chi connectivity index (χ0) is 26.4. The van der Waals surface area contributed by atoms with Gasteiger partial charge >= 0.3 is 0 Å². The van der Waals surface area contributed by atoms with Crippen molar-refractivity contribution in [1.29, 1.82) is 0 Å². The number of nitro groups is 2. The number of nitrogens with one attached hydrogen (secondary N) is 1. The van der Waals surface area contributed by atoms with Gasteiger partial charge in [0, 0.05) is 49.5 Å². The van der Waals surface area contributed by atoms with E-state index in [1.807, 2.05) is 24.3 Å². The summed E-state index contributed by atoms with van der Waals surface area (Å²) in [6.45, 7) is 3.48. The Morgan fingerprint density at radius 3 is 2.22 bits per heavy atom. The summed E-state index contributed by atoms with van der Waals surface area (Å²) in [4.78, 5) is 37.5. The second kappa shape index (κ2) is 11.7. The van der Waals surface area contributed by atoms with E-state index in [1.54, 1.807) is 29.2 Å². The van der Waals surface area contributed by atoms with Crippen LogP contribution in [0.3, 0.4) is 0 Å². The molecule has 1 fully saturated rings. The maximum atomic E-state index is 12.6. The van der Waals surface area contributed by atoms with Gasteiger partial charge < -0.3 is 15.0 Å². The number of anilines is 2. The Morgan fingerprint density at radius 1 is 0.919 bits per heavy atom. The number of hydrogen-bond acceptors (Lipinski definition) is 8. The van der Waals surface area contributed by atoms with Crippen LogP contribution in [0.5, 0.6) is 5.75 Å². The number of non-ortho nitro benzene ring substituents is 1. The molecule has 0 atom stereocenters. The largest absolute Gasteiger partial charge is 0.484 e. The van der Waals surface area contributed by atoms with Crippen molar-refractivity contribution in [2.24, 2.45) is 0 Å². The van der Waals surface area contributed by atoms with Crippen LogP contribution in [0.1, 0.15) is 5.56 Å². The fourth-order valence-electron chi connectivity index (χ4n) is 3.92. The molecule has 0 aliphatic carbocycles. The first-order valence-electron chi connectivity index (χ1n) is 11.5. The number of nitro benzene ring substituents is 2. The van der Waals surface area contributed by atoms with Gasteiger partial charge in [-0.25, -0.2) is 0 Å². The van der Waals surface area contributed by atoms with E-state index in [1.165, 1.54) is 17.7 Å². The topological polar surface area (TPSA) is 131 Å². The first-order chi connectivity index (χ1) is 17.8. The normalized spacial score (nSPS) is 13.7. The molecule has 192 valence electrons. The second-order valence-corrected chi connectivity index (χ2v) is 8.87. The van der Waals surface area contributed by atoms with E-state index in [0.29, 0.717) is 29.5 Å². The second-order valence-electron chi connectivity index (χ2n) is 8.44. The van der Waals surface area contributed by atoms with Crippen LogP contribution in [-0.2, 0) is 11.3 Å². The number of nitrogens with zero attached hydrogens (tertiary/aromatic N) is 4. The highest BCUT2D eigenvalue weighted by Crippen LogP contribution is 2.31. The predicted molar refractivity (Wildman–Crippen MR) is 138 cm³/mol. The lowest BCUT2D eigenvalue weighted by atomic mass is 10.2. The van der Waals surface area contributed by atoms with E-state index in [0.717, 1.165) is 25.7 Å². The number of rotatable bonds is 9. The third-order valence-electron chi connectivity index (χ3n) is 5.93. The molecule has 1 amide bonds. The summed E-state index contributed by atoms with van der Waals surface area (Å²) in [6.07, 6.45) is 0. The number of amides is 1. The summed E-state index contributed by atoms with van der Waals surface area (Å²) in [5.41, 5.74) is 1.04. The molecule has 0 radical (unpaired) electrons. The zero-order valence-electron chi connectivity index (χ0n) is 19.7. The number of benzene rings is 3. The third kappa shape index (κ3) is 6.93. The number of piperazine rings is 1. The molecule has 0 aromatic heterocycles. The molecule has 0 unspecified atom stereocenters. The average Bonchev–Trinajstić information content (AvgIpc) is 2.90. The third-order valence-corrected chi connectivity index (χ3v) is 6.18. The van der Waals surface area contributed by atoms with Crippen molar-refractivity contribution in [2.45, 2.75) is 6.54 Å². The highest BCUT2D eigenvalue weighted by molar-refractivity contribution is 6.30. The van der Waals surface area contributed by atoms with E-state index >= 15 is 0 Å². The Hall–Kier alpha value is -4.22. The maximum Gasteiger partial charge on any atom is 0.299 e. The van der Waals surface area contributed by atoms with Crippen LogP contribution in [-0.4, -0.2) is 58.3 Å². The molecule has 11 nitrogen and oxygen atoms in total. The van der Waals surface area contributed by atoms with Gasteiger partial charge in [0.15, 0.2) is 6.61 Å². The van der Waals surface area contributed by atoms with Crippen molar-refractivity contribution in [2.75, 3.05) is 38.1 Å². The van der Waals surface area contributed by atoms with Gasteiger partial charge in [0.2, 0.25) is 0 Å². The van der Waals surface area contributed by atoms with Gasteiger partial charge in [-0.15, -0.1) is 0 Å². The number of halogens is 1. The van der Waals surface area contributed by atoms with E-state index < -0.39 is 15.5 Å². The molecule has 3 aromatic rings. The lowest BCUT2D eigenvalue weighted by molar-refractivity contribution is -0.393. The van der Waals surface area contributed by atoms with Crippen molar-refractivity contribution in [3.05, 3.63) is 97.5 Å². The lowest BCUT2D eigenvalue weighted by Crippen LogP contribution is -2.49. The molecule has 4 rings (SSSR count). The van der Waals surface area contributed by atoms with E-state index in [2.05, 4.69) is 10.2 Å². The van der Waals surface area contributed by atoms with Gasteiger partial charge in [0.05, 0.1) is 15.9 Å². The predicted octanol–water partition coefficient (Wildman–Crippen LogP) is 4.62. The minimum Gasteiger partial charge on any atom is -0.484 e. The number of ether oxygens (including phenoxy) is 1. The van der Waals surface area contributed by atoms with Crippen LogP contribution in [0.15, 0.2) is 66.7 Å². The molecule has 1 heterocycles. The monoisotopic (exact) mass is 525 g/mol. The molecular weight excluding hydrogens is 502 g/mol. The molecule has 12 heteroatoms. The number of carbonyl (C=O) groups is 1. The molecule has 0 spiro atoms. The summed E-state index contributed by atoms with van der Waals surface area (Å²) in [7, 11) is 0. The van der Waals surface area contributed by atoms with E-state index in [4.69, 9.17) is 16.3 Å². The molecule has 1 N–H and O–H groups in total. The molecule has 1 aliphatic rings. The Kier molecular flexibility index (Phi) is 8.16. The van der Waals surface area contributed by atoms with Crippen molar-refractivity contribution >= 4 is 40.3 Å². The molecular formula is C25H24ClN5O6. The summed E-state index contributed by atoms with van der Waals surface area (Å²) in [5, 5.41) is 25.8. The minimum absolute atomic E-state index is 0.0994. The Labute approximate surface area is 217 Å². The highest BCUT2D eigenvalue weighted by Gasteiger charge is 2.22. The minimum atomic E-state index is -0.689.